The highest BCUT2D eigenvalue weighted by molar-refractivity contribution is 9.10. The normalized spacial score (nSPS) is 10.6. The molecule has 2 aromatic rings. The average Bonchev–Trinajstić information content (AvgIpc) is 2.79. The van der Waals surface area contributed by atoms with Gasteiger partial charge in [0, 0.05) is 28.5 Å². The predicted octanol–water partition coefficient (Wildman–Crippen LogP) is 2.70. The third-order valence-corrected chi connectivity index (χ3v) is 3.08. The molecule has 5 nitrogen and oxygen atoms in total. The van der Waals surface area contributed by atoms with Crippen LogP contribution in [-0.4, -0.2) is 14.6 Å². The van der Waals surface area contributed by atoms with Gasteiger partial charge in [-0.1, -0.05) is 15.9 Å². The second-order valence-electron chi connectivity index (χ2n) is 3.88. The summed E-state index contributed by atoms with van der Waals surface area (Å²) in [5.74, 6) is 0. The number of halogens is 1. The third-order valence-electron chi connectivity index (χ3n) is 2.59. The van der Waals surface area contributed by atoms with Crippen molar-refractivity contribution in [3.8, 4) is 0 Å². The van der Waals surface area contributed by atoms with E-state index in [2.05, 4.69) is 15.9 Å². The molecule has 0 aliphatic rings. The van der Waals surface area contributed by atoms with Crippen LogP contribution in [0, 0.1) is 10.1 Å². The Morgan fingerprint density at radius 2 is 2.17 bits per heavy atom. The molecule has 0 fully saturated rings. The zero-order valence-electron chi connectivity index (χ0n) is 9.41. The largest absolute Gasteiger partial charge is 0.392 e. The van der Waals surface area contributed by atoms with Gasteiger partial charge in [-0.3, -0.25) is 10.1 Å². The molecule has 1 aromatic carbocycles. The number of hydrogen-bond donors (Lipinski definition) is 1. The first kappa shape index (κ1) is 12.8. The second kappa shape index (κ2) is 5.32. The second-order valence-corrected chi connectivity index (χ2v) is 4.80. The minimum Gasteiger partial charge on any atom is -0.392 e. The smallest absolute Gasteiger partial charge is 0.275 e. The molecular formula is C12H11BrN2O3. The molecule has 1 heterocycles. The predicted molar refractivity (Wildman–Crippen MR) is 70.3 cm³/mol. The number of aliphatic hydroxyl groups excluding tert-OH is 1. The molecule has 1 N–H and O–H groups in total. The third kappa shape index (κ3) is 2.77. The van der Waals surface area contributed by atoms with Crippen molar-refractivity contribution in [1.82, 2.24) is 4.57 Å². The highest BCUT2D eigenvalue weighted by Gasteiger charge is 2.14. The van der Waals surface area contributed by atoms with Crippen LogP contribution >= 0.6 is 15.9 Å². The maximum Gasteiger partial charge on any atom is 0.275 e. The molecular weight excluding hydrogens is 300 g/mol. The lowest BCUT2D eigenvalue weighted by Crippen LogP contribution is -2.01. The quantitative estimate of drug-likeness (QED) is 0.697. The van der Waals surface area contributed by atoms with Crippen LogP contribution in [0.4, 0.5) is 5.69 Å². The number of benzene rings is 1. The minimum atomic E-state index is -0.392. The van der Waals surface area contributed by atoms with Gasteiger partial charge in [-0.25, -0.2) is 0 Å². The van der Waals surface area contributed by atoms with Gasteiger partial charge in [0.15, 0.2) is 0 Å². The monoisotopic (exact) mass is 310 g/mol. The Morgan fingerprint density at radius 1 is 1.39 bits per heavy atom. The number of aliphatic hydroxyl groups is 1. The van der Waals surface area contributed by atoms with Gasteiger partial charge in [-0.05, 0) is 23.8 Å². The number of nitro benzene ring substituents is 1. The fourth-order valence-electron chi connectivity index (χ4n) is 1.72. The zero-order chi connectivity index (χ0) is 13.1. The molecule has 1 aromatic heterocycles. The van der Waals surface area contributed by atoms with Crippen molar-refractivity contribution >= 4 is 21.6 Å². The first-order valence-electron chi connectivity index (χ1n) is 5.28. The molecule has 6 heteroatoms. The van der Waals surface area contributed by atoms with E-state index >= 15 is 0 Å². The van der Waals surface area contributed by atoms with E-state index in [1.807, 2.05) is 4.57 Å². The van der Waals surface area contributed by atoms with Crippen molar-refractivity contribution in [2.24, 2.45) is 0 Å². The van der Waals surface area contributed by atoms with Crippen LogP contribution in [0.25, 0.3) is 0 Å². The van der Waals surface area contributed by atoms with Crippen LogP contribution in [0.2, 0.25) is 0 Å². The van der Waals surface area contributed by atoms with E-state index < -0.39 is 4.92 Å². The topological polar surface area (TPSA) is 68.3 Å². The molecule has 0 bridgehead atoms. The Morgan fingerprint density at radius 3 is 2.78 bits per heavy atom. The van der Waals surface area contributed by atoms with Crippen LogP contribution in [0.5, 0.6) is 0 Å². The summed E-state index contributed by atoms with van der Waals surface area (Å²) in [5.41, 5.74) is 1.50. The highest BCUT2D eigenvalue weighted by Crippen LogP contribution is 2.24. The molecule has 0 amide bonds. The number of nitrogens with zero attached hydrogens (tertiary/aromatic N) is 2. The molecule has 2 rings (SSSR count). The number of hydrogen-bond acceptors (Lipinski definition) is 3. The minimum absolute atomic E-state index is 0.0323. The SMILES string of the molecule is O=[N+]([O-])c1cc(Br)ccc1Cn1ccc(CO)c1. The van der Waals surface area contributed by atoms with Crippen molar-refractivity contribution in [2.45, 2.75) is 13.2 Å². The van der Waals surface area contributed by atoms with E-state index in [0.29, 0.717) is 16.6 Å². The average molecular weight is 311 g/mol. The number of aromatic nitrogens is 1. The van der Waals surface area contributed by atoms with Gasteiger partial charge in [0.25, 0.3) is 5.69 Å². The van der Waals surface area contributed by atoms with Gasteiger partial charge < -0.3 is 9.67 Å². The number of rotatable bonds is 4. The van der Waals surface area contributed by atoms with Crippen molar-refractivity contribution in [3.05, 3.63) is 62.4 Å². The van der Waals surface area contributed by atoms with Gasteiger partial charge in [0.05, 0.1) is 18.1 Å². The van der Waals surface area contributed by atoms with E-state index in [9.17, 15) is 10.1 Å². The van der Waals surface area contributed by atoms with Crippen molar-refractivity contribution < 1.29 is 10.0 Å². The Kier molecular flexibility index (Phi) is 3.78. The summed E-state index contributed by atoms with van der Waals surface area (Å²) >= 11 is 3.22. The maximum atomic E-state index is 11.0. The number of nitro groups is 1. The van der Waals surface area contributed by atoms with E-state index in [-0.39, 0.29) is 12.3 Å². The summed E-state index contributed by atoms with van der Waals surface area (Å²) < 4.78 is 2.49. The molecule has 0 saturated carbocycles. The molecule has 0 unspecified atom stereocenters. The lowest BCUT2D eigenvalue weighted by Gasteiger charge is -2.05. The summed E-state index contributed by atoms with van der Waals surface area (Å²) in [6.45, 7) is 0.374. The van der Waals surface area contributed by atoms with Crippen molar-refractivity contribution in [3.63, 3.8) is 0 Å². The Hall–Kier alpha value is -1.66. The van der Waals surface area contributed by atoms with E-state index in [1.165, 1.54) is 6.07 Å². The Bertz CT molecular complexity index is 580. The first-order valence-corrected chi connectivity index (χ1v) is 6.08. The zero-order valence-corrected chi connectivity index (χ0v) is 11.0. The lowest BCUT2D eigenvalue weighted by atomic mass is 10.2. The van der Waals surface area contributed by atoms with Crippen LogP contribution in [0.3, 0.4) is 0 Å². The lowest BCUT2D eigenvalue weighted by molar-refractivity contribution is -0.385. The maximum absolute atomic E-state index is 11.0. The molecule has 0 aliphatic heterocycles. The molecule has 0 aliphatic carbocycles. The van der Waals surface area contributed by atoms with E-state index in [4.69, 9.17) is 5.11 Å². The molecule has 0 atom stereocenters. The Balaban J connectivity index is 2.30. The summed E-state index contributed by atoms with van der Waals surface area (Å²) in [7, 11) is 0. The van der Waals surface area contributed by atoms with Crippen LogP contribution in [0.15, 0.2) is 41.1 Å². The molecule has 0 radical (unpaired) electrons. The fourth-order valence-corrected chi connectivity index (χ4v) is 2.07. The van der Waals surface area contributed by atoms with E-state index in [0.717, 1.165) is 5.56 Å². The van der Waals surface area contributed by atoms with Gasteiger partial charge in [-0.2, -0.15) is 0 Å². The Labute approximate surface area is 112 Å². The van der Waals surface area contributed by atoms with Crippen molar-refractivity contribution in [1.29, 1.82) is 0 Å². The van der Waals surface area contributed by atoms with Crippen LogP contribution in [0.1, 0.15) is 11.1 Å². The van der Waals surface area contributed by atoms with Crippen LogP contribution < -0.4 is 0 Å². The van der Waals surface area contributed by atoms with Gasteiger partial charge >= 0.3 is 0 Å². The standard InChI is InChI=1S/C12H11BrN2O3/c13-11-2-1-10(12(5-11)15(17)18)7-14-4-3-9(6-14)8-16/h1-6,16H,7-8H2. The first-order chi connectivity index (χ1) is 8.60. The highest BCUT2D eigenvalue weighted by atomic mass is 79.9. The summed E-state index contributed by atoms with van der Waals surface area (Å²) in [6.07, 6.45) is 3.56. The van der Waals surface area contributed by atoms with Crippen LogP contribution in [-0.2, 0) is 13.2 Å². The summed E-state index contributed by atoms with van der Waals surface area (Å²) in [5, 5.41) is 19.9. The molecule has 18 heavy (non-hydrogen) atoms. The molecule has 94 valence electrons. The fraction of sp³-hybridized carbons (Fsp3) is 0.167. The molecule has 0 spiro atoms. The summed E-state index contributed by atoms with van der Waals surface area (Å²) in [4.78, 5) is 10.6. The van der Waals surface area contributed by atoms with Gasteiger partial charge in [-0.15, -0.1) is 0 Å². The summed E-state index contributed by atoms with van der Waals surface area (Å²) in [6, 6.07) is 6.77. The van der Waals surface area contributed by atoms with Gasteiger partial charge in [0.2, 0.25) is 0 Å². The van der Waals surface area contributed by atoms with Gasteiger partial charge in [0.1, 0.15) is 0 Å². The van der Waals surface area contributed by atoms with Crippen molar-refractivity contribution in [2.75, 3.05) is 0 Å². The molecule has 0 saturated heterocycles. The van der Waals surface area contributed by atoms with E-state index in [1.54, 1.807) is 30.6 Å².